The van der Waals surface area contributed by atoms with E-state index in [2.05, 4.69) is 10.3 Å². The van der Waals surface area contributed by atoms with Crippen molar-refractivity contribution in [1.29, 1.82) is 0 Å². The molecule has 182 valence electrons. The van der Waals surface area contributed by atoms with Gasteiger partial charge in [-0.1, -0.05) is 19.9 Å². The Kier molecular flexibility index (Phi) is 5.59. The van der Waals surface area contributed by atoms with Gasteiger partial charge in [0.25, 0.3) is 5.91 Å². The maximum atomic E-state index is 13.5. The Bertz CT molecular complexity index is 896. The Hall–Kier alpha value is -1.93. The lowest BCUT2D eigenvalue weighted by molar-refractivity contribution is -0.275. The number of rotatable bonds is 7. The molecule has 4 N–H and O–H groups in total. The van der Waals surface area contributed by atoms with Crippen LogP contribution in [0.1, 0.15) is 39.5 Å². The first-order valence-electron chi connectivity index (χ1n) is 12.3. The molecule has 7 nitrogen and oxygen atoms in total. The third-order valence-electron chi connectivity index (χ3n) is 9.31. The van der Waals surface area contributed by atoms with Gasteiger partial charge in [0.1, 0.15) is 5.84 Å². The van der Waals surface area contributed by atoms with Crippen molar-refractivity contribution in [2.45, 2.75) is 45.6 Å². The van der Waals surface area contributed by atoms with Crippen molar-refractivity contribution in [2.24, 2.45) is 44.7 Å². The molecule has 5 rings (SSSR count). The SMILES string of the molecule is CC(C)(/C=C/N=C(C(=CN)C(=O)N[C@@H]1C2CC3CC24C1C[C@@]4(CO)C3)N1CCOCC1)CF. The highest BCUT2D eigenvalue weighted by Crippen LogP contribution is 2.86. The van der Waals surface area contributed by atoms with Crippen LogP contribution >= 0.6 is 0 Å². The molecule has 4 saturated carbocycles. The number of fused-ring (bicyclic) bond motifs is 1. The molecule has 8 heteroatoms. The Morgan fingerprint density at radius 2 is 2.06 bits per heavy atom. The van der Waals surface area contributed by atoms with Crippen molar-refractivity contribution in [2.75, 3.05) is 39.6 Å². The van der Waals surface area contributed by atoms with Crippen LogP contribution in [0.5, 0.6) is 0 Å². The summed E-state index contributed by atoms with van der Waals surface area (Å²) < 4.78 is 18.7. The largest absolute Gasteiger partial charge is 0.404 e. The number of amidine groups is 1. The standard InChI is InChI=1S/C25H37FN4O3/c1-23(2,14-26)3-4-28-21(30-5-7-33-8-6-30)17(13-27)22(32)29-20-18-9-16-10-24(15-31)12-19(20)25(18,24)11-16/h3-4,13,16,18-20,31H,5-12,14-15,27H2,1-2H3,(H,29,32)/b4-3+,17-13?,28-21?/t16?,18?,19?,20-,24-,25?/m1/s1. The average molecular weight is 461 g/mol. The molecule has 1 aliphatic heterocycles. The van der Waals surface area contributed by atoms with E-state index in [1.54, 1.807) is 26.1 Å². The number of aliphatic imine (C=N–C) groups is 1. The summed E-state index contributed by atoms with van der Waals surface area (Å²) in [5.74, 6) is 1.90. The number of carbonyl (C=O) groups is 1. The van der Waals surface area contributed by atoms with E-state index in [1.165, 1.54) is 12.6 Å². The number of carbonyl (C=O) groups excluding carboxylic acids is 1. The molecule has 4 aliphatic carbocycles. The van der Waals surface area contributed by atoms with Gasteiger partial charge in [-0.25, -0.2) is 4.99 Å². The van der Waals surface area contributed by atoms with E-state index >= 15 is 0 Å². The summed E-state index contributed by atoms with van der Waals surface area (Å²) in [6.45, 7) is 5.72. The molecule has 1 heterocycles. The van der Waals surface area contributed by atoms with Crippen LogP contribution in [0.3, 0.4) is 0 Å². The number of ether oxygens (including phenoxy) is 1. The topological polar surface area (TPSA) is 100 Å². The molecule has 33 heavy (non-hydrogen) atoms. The number of aliphatic hydroxyl groups is 1. The van der Waals surface area contributed by atoms with Gasteiger partial charge in [-0.15, -0.1) is 0 Å². The third kappa shape index (κ3) is 3.27. The number of nitrogens with two attached hydrogens (primary N) is 1. The maximum Gasteiger partial charge on any atom is 0.256 e. The number of nitrogens with zero attached hydrogens (tertiary/aromatic N) is 2. The second-order valence-electron chi connectivity index (χ2n) is 11.5. The predicted molar refractivity (Wildman–Crippen MR) is 124 cm³/mol. The van der Waals surface area contributed by atoms with Gasteiger partial charge in [-0.05, 0) is 48.9 Å². The van der Waals surface area contributed by atoms with Gasteiger partial charge >= 0.3 is 0 Å². The zero-order valence-corrected chi connectivity index (χ0v) is 19.7. The molecule has 0 aromatic rings. The highest BCUT2D eigenvalue weighted by molar-refractivity contribution is 6.20. The monoisotopic (exact) mass is 460 g/mol. The highest BCUT2D eigenvalue weighted by Gasteiger charge is 2.83. The number of morpholine rings is 1. The maximum absolute atomic E-state index is 13.5. The molecule has 5 aliphatic rings. The highest BCUT2D eigenvalue weighted by atomic mass is 19.1. The number of halogens is 1. The number of nitrogens with one attached hydrogen (secondary N) is 1. The van der Waals surface area contributed by atoms with Crippen molar-refractivity contribution in [1.82, 2.24) is 10.2 Å². The minimum Gasteiger partial charge on any atom is -0.404 e. The quantitative estimate of drug-likeness (QED) is 0.307. The summed E-state index contributed by atoms with van der Waals surface area (Å²) in [5, 5.41) is 13.4. The van der Waals surface area contributed by atoms with Crippen molar-refractivity contribution < 1.29 is 19.0 Å². The number of hydrogen-bond acceptors (Lipinski definition) is 5. The molecule has 2 bridgehead atoms. The van der Waals surface area contributed by atoms with E-state index in [0.29, 0.717) is 55.5 Å². The predicted octanol–water partition coefficient (Wildman–Crippen LogP) is 1.98. The van der Waals surface area contributed by atoms with Gasteiger partial charge in [0.15, 0.2) is 0 Å². The van der Waals surface area contributed by atoms with Crippen molar-refractivity contribution >= 4 is 11.7 Å². The average Bonchev–Trinajstić information content (AvgIpc) is 3.31. The van der Waals surface area contributed by atoms with Gasteiger partial charge in [0, 0.05) is 49.0 Å². The van der Waals surface area contributed by atoms with Crippen molar-refractivity contribution in [3.63, 3.8) is 0 Å². The van der Waals surface area contributed by atoms with Crippen molar-refractivity contribution in [3.8, 4) is 0 Å². The molecule has 1 saturated heterocycles. The van der Waals surface area contributed by atoms with Crippen LogP contribution < -0.4 is 11.1 Å². The van der Waals surface area contributed by atoms with E-state index in [0.717, 1.165) is 19.3 Å². The number of alkyl halides is 1. The molecular weight excluding hydrogens is 423 g/mol. The van der Waals surface area contributed by atoms with Crippen LogP contribution in [0.4, 0.5) is 4.39 Å². The fraction of sp³-hybridized carbons (Fsp3) is 0.760. The van der Waals surface area contributed by atoms with Gasteiger partial charge in [-0.2, -0.15) is 0 Å². The zero-order valence-electron chi connectivity index (χ0n) is 19.7. The number of amides is 1. The molecule has 1 spiro atoms. The number of allylic oxidation sites excluding steroid dienone is 1. The first kappa shape index (κ1) is 22.8. The van der Waals surface area contributed by atoms with Gasteiger partial charge in [-0.3, -0.25) is 9.18 Å². The van der Waals surface area contributed by atoms with E-state index in [-0.39, 0.29) is 29.4 Å². The molecular formula is C25H37FN4O3. The first-order valence-corrected chi connectivity index (χ1v) is 12.3. The lowest BCUT2D eigenvalue weighted by Gasteiger charge is -2.75. The van der Waals surface area contributed by atoms with Crippen LogP contribution in [0.15, 0.2) is 29.0 Å². The van der Waals surface area contributed by atoms with Gasteiger partial charge in [0.05, 0.1) is 25.5 Å². The lowest BCUT2D eigenvalue weighted by atomic mass is 9.30. The van der Waals surface area contributed by atoms with E-state index in [1.807, 2.05) is 4.90 Å². The lowest BCUT2D eigenvalue weighted by Crippen LogP contribution is -2.78. The summed E-state index contributed by atoms with van der Waals surface area (Å²) in [6, 6.07) is 0.143. The molecule has 0 aromatic carbocycles. The fourth-order valence-electron chi connectivity index (χ4n) is 7.84. The van der Waals surface area contributed by atoms with Crippen molar-refractivity contribution in [3.05, 3.63) is 24.0 Å². The molecule has 6 atom stereocenters. The molecule has 4 unspecified atom stereocenters. The van der Waals surface area contributed by atoms with Gasteiger partial charge < -0.3 is 25.8 Å². The number of hydrogen-bond donors (Lipinski definition) is 3. The van der Waals surface area contributed by atoms with Crippen LogP contribution in [-0.2, 0) is 9.53 Å². The molecule has 0 radical (unpaired) electrons. The molecule has 0 aromatic heterocycles. The summed E-state index contributed by atoms with van der Waals surface area (Å²) in [4.78, 5) is 20.0. The second-order valence-corrected chi connectivity index (χ2v) is 11.5. The minimum atomic E-state index is -0.625. The summed E-state index contributed by atoms with van der Waals surface area (Å²) >= 11 is 0. The van der Waals surface area contributed by atoms with Crippen LogP contribution in [0.25, 0.3) is 0 Å². The Morgan fingerprint density at radius 1 is 1.30 bits per heavy atom. The third-order valence-corrected chi connectivity index (χ3v) is 9.31. The van der Waals surface area contributed by atoms with E-state index in [9.17, 15) is 14.3 Å². The normalized spacial score (nSPS) is 39.9. The van der Waals surface area contributed by atoms with Gasteiger partial charge in [0.2, 0.25) is 0 Å². The smallest absolute Gasteiger partial charge is 0.256 e. The summed E-state index contributed by atoms with van der Waals surface area (Å²) in [7, 11) is 0. The Labute approximate surface area is 195 Å². The molecule has 5 fully saturated rings. The fourth-order valence-corrected chi connectivity index (χ4v) is 7.84. The first-order chi connectivity index (χ1) is 15.8. The Morgan fingerprint density at radius 3 is 2.73 bits per heavy atom. The second kappa shape index (κ2) is 8.08. The Balaban J connectivity index is 1.33. The minimum absolute atomic E-state index is 0.105. The molecule has 1 amide bonds. The summed E-state index contributed by atoms with van der Waals surface area (Å²) in [5.41, 5.74) is 6.05. The van der Waals surface area contributed by atoms with E-state index < -0.39 is 12.1 Å². The van der Waals surface area contributed by atoms with E-state index in [4.69, 9.17) is 10.5 Å². The van der Waals surface area contributed by atoms with Crippen LogP contribution in [0.2, 0.25) is 0 Å². The van der Waals surface area contributed by atoms with Crippen LogP contribution in [-0.4, -0.2) is 67.4 Å². The van der Waals surface area contributed by atoms with Crippen LogP contribution in [0, 0.1) is 34.0 Å². The number of aliphatic hydroxyl groups excluding tert-OH is 1. The summed E-state index contributed by atoms with van der Waals surface area (Å²) in [6.07, 6.45) is 9.16. The zero-order chi connectivity index (χ0) is 23.4.